The van der Waals surface area contributed by atoms with Gasteiger partial charge in [-0.1, -0.05) is 55.3 Å². The van der Waals surface area contributed by atoms with Crippen molar-refractivity contribution in [1.82, 2.24) is 24.3 Å². The van der Waals surface area contributed by atoms with Gasteiger partial charge in [0.15, 0.2) is 0 Å². The third-order valence-corrected chi connectivity index (χ3v) is 10.0. The molecule has 2 saturated heterocycles. The molecule has 3 aromatic rings. The van der Waals surface area contributed by atoms with E-state index in [1.807, 2.05) is 30.3 Å². The number of piperidine rings is 1. The molecular weight excluding hydrogens is 603 g/mol. The van der Waals surface area contributed by atoms with Crippen LogP contribution in [0.5, 0.6) is 0 Å². The third kappa shape index (κ3) is 5.95. The van der Waals surface area contributed by atoms with Gasteiger partial charge in [0, 0.05) is 49.8 Å². The van der Waals surface area contributed by atoms with Crippen LogP contribution < -0.4 is 5.56 Å². The second-order valence-electron chi connectivity index (χ2n) is 12.6. The van der Waals surface area contributed by atoms with Crippen molar-refractivity contribution >= 4 is 12.1 Å². The quantitative estimate of drug-likeness (QED) is 0.411. The summed E-state index contributed by atoms with van der Waals surface area (Å²) in [5.41, 5.74) is -1.33. The summed E-state index contributed by atoms with van der Waals surface area (Å²) in [7, 11) is 0. The van der Waals surface area contributed by atoms with Crippen molar-refractivity contribution in [3.05, 3.63) is 88.5 Å². The van der Waals surface area contributed by atoms with Crippen LogP contribution in [0.2, 0.25) is 0 Å². The number of benzene rings is 2. The molecule has 2 atom stereocenters. The average molecular weight is 640 g/mol. The normalized spacial score (nSPS) is 23.1. The standard InChI is InChI=1S/C33H36F3N5O5/c34-33(35,36)25-10-8-24(9-11-25)27-19-38(30(44)45)16-17-41(27)29(43)39-15-14-32(46,31(20-39)12-4-5-13-31)21-40-22-37-26(18-28(40)42)23-6-2-1-3-7-23/h1-3,6-11,18,22,27,46H,4-5,12-17,19-21H2,(H,44,45). The van der Waals surface area contributed by atoms with Crippen molar-refractivity contribution in [1.29, 1.82) is 0 Å². The van der Waals surface area contributed by atoms with E-state index in [2.05, 4.69) is 4.98 Å². The zero-order valence-electron chi connectivity index (χ0n) is 25.2. The first-order valence-corrected chi connectivity index (χ1v) is 15.4. The fourth-order valence-electron chi connectivity index (χ4n) is 7.40. The van der Waals surface area contributed by atoms with Gasteiger partial charge in [0.25, 0.3) is 5.56 Å². The molecule has 3 aliphatic rings. The minimum atomic E-state index is -4.53. The second kappa shape index (κ2) is 12.1. The Bertz CT molecular complexity index is 1640. The first-order chi connectivity index (χ1) is 21.9. The minimum absolute atomic E-state index is 0.0292. The maximum Gasteiger partial charge on any atom is 0.416 e. The lowest BCUT2D eigenvalue weighted by molar-refractivity contribution is -0.138. The van der Waals surface area contributed by atoms with Gasteiger partial charge in [0.2, 0.25) is 0 Å². The molecule has 3 amide bonds. The molecule has 1 saturated carbocycles. The Morgan fingerprint density at radius 2 is 1.63 bits per heavy atom. The fraction of sp³-hybridized carbons (Fsp3) is 0.455. The second-order valence-corrected chi connectivity index (χ2v) is 12.6. The number of carbonyl (C=O) groups excluding carboxylic acids is 1. The Kier molecular flexibility index (Phi) is 8.30. The highest BCUT2D eigenvalue weighted by atomic mass is 19.4. The highest BCUT2D eigenvalue weighted by molar-refractivity contribution is 5.76. The van der Waals surface area contributed by atoms with E-state index in [4.69, 9.17) is 0 Å². The first-order valence-electron chi connectivity index (χ1n) is 15.4. The van der Waals surface area contributed by atoms with Crippen LogP contribution >= 0.6 is 0 Å². The van der Waals surface area contributed by atoms with Crippen molar-refractivity contribution in [2.75, 3.05) is 32.7 Å². The molecule has 2 aliphatic heterocycles. The van der Waals surface area contributed by atoms with Crippen molar-refractivity contribution in [2.24, 2.45) is 5.41 Å². The summed E-state index contributed by atoms with van der Waals surface area (Å²) in [5, 5.41) is 21.9. The van der Waals surface area contributed by atoms with E-state index in [1.165, 1.54) is 34.0 Å². The van der Waals surface area contributed by atoms with Gasteiger partial charge >= 0.3 is 18.3 Å². The molecule has 3 heterocycles. The van der Waals surface area contributed by atoms with Gasteiger partial charge in [-0.3, -0.25) is 9.36 Å². The zero-order valence-corrected chi connectivity index (χ0v) is 25.2. The summed E-state index contributed by atoms with van der Waals surface area (Å²) < 4.78 is 41.1. The van der Waals surface area contributed by atoms with E-state index in [0.29, 0.717) is 24.1 Å². The Morgan fingerprint density at radius 3 is 2.26 bits per heavy atom. The number of halogens is 3. The van der Waals surface area contributed by atoms with E-state index >= 15 is 0 Å². The largest absolute Gasteiger partial charge is 0.465 e. The topological polar surface area (TPSA) is 119 Å². The fourth-order valence-corrected chi connectivity index (χ4v) is 7.40. The number of aliphatic hydroxyl groups is 1. The lowest BCUT2D eigenvalue weighted by atomic mass is 9.66. The number of likely N-dealkylation sites (tertiary alicyclic amines) is 1. The van der Waals surface area contributed by atoms with Crippen molar-refractivity contribution in [3.8, 4) is 11.3 Å². The minimum Gasteiger partial charge on any atom is -0.465 e. The van der Waals surface area contributed by atoms with Gasteiger partial charge in [0.05, 0.1) is 35.8 Å². The summed E-state index contributed by atoms with van der Waals surface area (Å²) in [6, 6.07) is 14.1. The number of hydrogen-bond acceptors (Lipinski definition) is 5. The van der Waals surface area contributed by atoms with E-state index in [-0.39, 0.29) is 57.3 Å². The summed E-state index contributed by atoms with van der Waals surface area (Å²) in [6.07, 6.45) is -0.992. The third-order valence-electron chi connectivity index (χ3n) is 10.0. The summed E-state index contributed by atoms with van der Waals surface area (Å²) in [6.45, 7) is 0.521. The van der Waals surface area contributed by atoms with Crippen LogP contribution in [0.15, 0.2) is 71.8 Å². The highest BCUT2D eigenvalue weighted by Crippen LogP contribution is 2.52. The van der Waals surface area contributed by atoms with Crippen LogP contribution in [0, 0.1) is 5.41 Å². The number of urea groups is 1. The molecule has 2 unspecified atom stereocenters. The Balaban J connectivity index is 1.23. The lowest BCUT2D eigenvalue weighted by Gasteiger charge is -2.53. The number of rotatable bonds is 4. The predicted molar refractivity (Wildman–Crippen MR) is 162 cm³/mol. The SMILES string of the molecule is O=C(O)N1CCN(C(=O)N2CCC(O)(Cn3cnc(-c4ccccc4)cc3=O)C3(CCCC3)C2)C(c2ccc(C(F)(F)F)cc2)C1. The van der Waals surface area contributed by atoms with E-state index in [0.717, 1.165) is 35.4 Å². The Morgan fingerprint density at radius 1 is 0.935 bits per heavy atom. The molecule has 2 aromatic carbocycles. The molecular formula is C33H36F3N5O5. The van der Waals surface area contributed by atoms with Gasteiger partial charge in [-0.25, -0.2) is 14.6 Å². The van der Waals surface area contributed by atoms with Gasteiger partial charge in [0.1, 0.15) is 0 Å². The zero-order chi connectivity index (χ0) is 32.7. The van der Waals surface area contributed by atoms with Crippen LogP contribution in [0.3, 0.4) is 0 Å². The van der Waals surface area contributed by atoms with E-state index < -0.39 is 34.9 Å². The van der Waals surface area contributed by atoms with Crippen LogP contribution in [0.25, 0.3) is 11.3 Å². The number of aromatic nitrogens is 2. The molecule has 3 fully saturated rings. The van der Waals surface area contributed by atoms with Crippen LogP contribution in [0.1, 0.15) is 49.3 Å². The molecule has 0 radical (unpaired) electrons. The first kappa shape index (κ1) is 31.6. The molecule has 13 heteroatoms. The number of piperazine rings is 1. The van der Waals surface area contributed by atoms with Gasteiger partial charge in [-0.15, -0.1) is 0 Å². The summed E-state index contributed by atoms with van der Waals surface area (Å²) in [5.74, 6) is 0. The highest BCUT2D eigenvalue weighted by Gasteiger charge is 2.56. The molecule has 46 heavy (non-hydrogen) atoms. The summed E-state index contributed by atoms with van der Waals surface area (Å²) in [4.78, 5) is 47.9. The molecule has 1 spiro atoms. The number of alkyl halides is 3. The smallest absolute Gasteiger partial charge is 0.416 e. The Hall–Kier alpha value is -4.39. The number of nitrogens with zero attached hydrogens (tertiary/aromatic N) is 5. The maximum atomic E-state index is 14.1. The van der Waals surface area contributed by atoms with E-state index in [1.54, 1.807) is 4.90 Å². The molecule has 1 aromatic heterocycles. The predicted octanol–water partition coefficient (Wildman–Crippen LogP) is 5.08. The molecule has 10 nitrogen and oxygen atoms in total. The maximum absolute atomic E-state index is 14.1. The molecule has 6 rings (SSSR count). The van der Waals surface area contributed by atoms with Crippen molar-refractivity contribution in [3.63, 3.8) is 0 Å². The van der Waals surface area contributed by atoms with Crippen LogP contribution in [-0.2, 0) is 12.7 Å². The van der Waals surface area contributed by atoms with Crippen LogP contribution in [0.4, 0.5) is 22.8 Å². The van der Waals surface area contributed by atoms with E-state index in [9.17, 15) is 37.8 Å². The lowest BCUT2D eigenvalue weighted by Crippen LogP contribution is -2.64. The average Bonchev–Trinajstić information content (AvgIpc) is 3.53. The number of amides is 3. The van der Waals surface area contributed by atoms with Crippen molar-refractivity contribution in [2.45, 2.75) is 56.5 Å². The number of hydrogen-bond donors (Lipinski definition) is 2. The van der Waals surface area contributed by atoms with Gasteiger partial charge in [-0.2, -0.15) is 13.2 Å². The molecule has 2 N–H and O–H groups in total. The molecule has 0 bridgehead atoms. The number of carboxylic acid groups (broad SMARTS) is 1. The monoisotopic (exact) mass is 639 g/mol. The van der Waals surface area contributed by atoms with Gasteiger partial charge in [-0.05, 0) is 37.0 Å². The summed E-state index contributed by atoms with van der Waals surface area (Å²) >= 11 is 0. The van der Waals surface area contributed by atoms with Crippen LogP contribution in [-0.4, -0.2) is 84.9 Å². The molecule has 244 valence electrons. The van der Waals surface area contributed by atoms with Gasteiger partial charge < -0.3 is 24.9 Å². The Labute approximate surface area is 263 Å². The van der Waals surface area contributed by atoms with Crippen molar-refractivity contribution < 1.29 is 33.0 Å². The molecule has 1 aliphatic carbocycles. The number of carbonyl (C=O) groups is 2.